The summed E-state index contributed by atoms with van der Waals surface area (Å²) in [6.07, 6.45) is 4.60. The predicted octanol–water partition coefficient (Wildman–Crippen LogP) is 8.25. The highest BCUT2D eigenvalue weighted by Crippen LogP contribution is 2.48. The quantitative estimate of drug-likeness (QED) is 0.450. The van der Waals surface area contributed by atoms with Crippen molar-refractivity contribution in [3.05, 3.63) is 113 Å². The maximum absolute atomic E-state index is 11.6. The van der Waals surface area contributed by atoms with Crippen LogP contribution in [0.4, 0.5) is 0 Å². The molecule has 0 unspecified atom stereocenters. The molecule has 4 rings (SSSR count). The van der Waals surface area contributed by atoms with Gasteiger partial charge in [-0.05, 0) is 38.7 Å². The van der Waals surface area contributed by atoms with Crippen molar-refractivity contribution in [1.29, 1.82) is 0 Å². The van der Waals surface area contributed by atoms with Gasteiger partial charge in [0.25, 0.3) is 0 Å². The van der Waals surface area contributed by atoms with Gasteiger partial charge in [-0.1, -0.05) is 126 Å². The van der Waals surface area contributed by atoms with Gasteiger partial charge in [-0.3, -0.25) is 0 Å². The fourth-order valence-electron chi connectivity index (χ4n) is 4.77. The smallest absolute Gasteiger partial charge is 0.123 e. The zero-order valence-electron chi connectivity index (χ0n) is 20.1. The van der Waals surface area contributed by atoms with Crippen LogP contribution in [0.15, 0.2) is 84.9 Å². The molecule has 0 aromatic heterocycles. The number of benzene rings is 3. The Balaban J connectivity index is 1.90. The standard InChI is InChI=1S/C31H34O/c1-30(2,3)27-18-17-24(29(32)28(27)31(4,5)6)23-19-25(21-13-9-7-10-14-21)26(20-23)22-15-11-8-12-16-22/h7-20,23,32H,1-6H3. The second kappa shape index (κ2) is 8.13. The van der Waals surface area contributed by atoms with E-state index >= 15 is 0 Å². The number of hydrogen-bond acceptors (Lipinski definition) is 1. The van der Waals surface area contributed by atoms with E-state index in [1.165, 1.54) is 27.8 Å². The molecule has 0 saturated heterocycles. The molecule has 1 N–H and O–H groups in total. The van der Waals surface area contributed by atoms with Crippen LogP contribution < -0.4 is 0 Å². The highest BCUT2D eigenvalue weighted by molar-refractivity contribution is 6.08. The van der Waals surface area contributed by atoms with Crippen molar-refractivity contribution < 1.29 is 5.11 Å². The van der Waals surface area contributed by atoms with Gasteiger partial charge >= 0.3 is 0 Å². The fraction of sp³-hybridized carbons (Fsp3) is 0.290. The third-order valence-corrected chi connectivity index (χ3v) is 6.28. The van der Waals surface area contributed by atoms with Crippen molar-refractivity contribution in [3.8, 4) is 5.75 Å². The summed E-state index contributed by atoms with van der Waals surface area (Å²) in [7, 11) is 0. The number of phenolic OH excluding ortho intramolecular Hbond substituents is 1. The summed E-state index contributed by atoms with van der Waals surface area (Å²) < 4.78 is 0. The van der Waals surface area contributed by atoms with Crippen LogP contribution >= 0.6 is 0 Å². The molecule has 0 bridgehead atoms. The lowest BCUT2D eigenvalue weighted by Crippen LogP contribution is -2.22. The normalized spacial score (nSPS) is 14.9. The summed E-state index contributed by atoms with van der Waals surface area (Å²) in [6.45, 7) is 13.2. The summed E-state index contributed by atoms with van der Waals surface area (Å²) >= 11 is 0. The van der Waals surface area contributed by atoms with Crippen molar-refractivity contribution in [2.24, 2.45) is 0 Å². The Morgan fingerprint density at radius 3 is 1.47 bits per heavy atom. The molecule has 0 heterocycles. The van der Waals surface area contributed by atoms with Gasteiger partial charge in [0.15, 0.2) is 0 Å². The first-order valence-electron chi connectivity index (χ1n) is 11.5. The van der Waals surface area contributed by atoms with Crippen LogP contribution in [0.5, 0.6) is 5.75 Å². The molecule has 164 valence electrons. The minimum atomic E-state index is -0.154. The maximum atomic E-state index is 11.6. The van der Waals surface area contributed by atoms with E-state index in [4.69, 9.17) is 0 Å². The van der Waals surface area contributed by atoms with Gasteiger partial charge in [0, 0.05) is 17.0 Å². The molecule has 1 aliphatic carbocycles. The first kappa shape index (κ1) is 22.1. The highest BCUT2D eigenvalue weighted by Gasteiger charge is 2.31. The van der Waals surface area contributed by atoms with Crippen LogP contribution in [0.1, 0.15) is 75.3 Å². The van der Waals surface area contributed by atoms with Gasteiger partial charge in [0.1, 0.15) is 5.75 Å². The summed E-state index contributed by atoms with van der Waals surface area (Å²) in [5, 5.41) is 11.6. The third kappa shape index (κ3) is 4.17. The molecule has 0 saturated carbocycles. The zero-order valence-corrected chi connectivity index (χ0v) is 20.1. The van der Waals surface area contributed by atoms with Crippen molar-refractivity contribution in [2.75, 3.05) is 0 Å². The van der Waals surface area contributed by atoms with Crippen LogP contribution in [-0.4, -0.2) is 5.11 Å². The molecule has 0 fully saturated rings. The summed E-state index contributed by atoms with van der Waals surface area (Å²) in [6, 6.07) is 25.4. The van der Waals surface area contributed by atoms with Crippen LogP contribution in [-0.2, 0) is 10.8 Å². The van der Waals surface area contributed by atoms with Crippen molar-refractivity contribution in [2.45, 2.75) is 58.3 Å². The maximum Gasteiger partial charge on any atom is 0.123 e. The third-order valence-electron chi connectivity index (χ3n) is 6.28. The topological polar surface area (TPSA) is 20.2 Å². The molecular weight excluding hydrogens is 388 g/mol. The van der Waals surface area contributed by atoms with Crippen LogP contribution in [0.3, 0.4) is 0 Å². The second-order valence-corrected chi connectivity index (χ2v) is 10.8. The van der Waals surface area contributed by atoms with E-state index in [2.05, 4.69) is 126 Å². The Labute approximate surface area is 193 Å². The Bertz CT molecular complexity index is 1110. The van der Waals surface area contributed by atoms with Crippen LogP contribution in [0.25, 0.3) is 11.1 Å². The molecule has 0 spiro atoms. The van der Waals surface area contributed by atoms with Crippen molar-refractivity contribution >= 4 is 11.1 Å². The molecule has 0 atom stereocenters. The molecule has 3 aromatic carbocycles. The van der Waals surface area contributed by atoms with Gasteiger partial charge in [-0.25, -0.2) is 0 Å². The molecule has 0 aliphatic heterocycles. The van der Waals surface area contributed by atoms with Crippen molar-refractivity contribution in [1.82, 2.24) is 0 Å². The molecule has 0 radical (unpaired) electrons. The molecule has 1 heteroatoms. The molecule has 0 amide bonds. The van der Waals surface area contributed by atoms with Gasteiger partial charge in [-0.2, -0.15) is 0 Å². The van der Waals surface area contributed by atoms with Gasteiger partial charge < -0.3 is 5.11 Å². The molecular formula is C31H34O. The monoisotopic (exact) mass is 422 g/mol. The Morgan fingerprint density at radius 2 is 1.06 bits per heavy atom. The molecule has 32 heavy (non-hydrogen) atoms. The van der Waals surface area contributed by atoms with Gasteiger partial charge in [0.05, 0.1) is 0 Å². The van der Waals surface area contributed by atoms with E-state index in [9.17, 15) is 5.11 Å². The van der Waals surface area contributed by atoms with Gasteiger partial charge in [0.2, 0.25) is 0 Å². The number of aromatic hydroxyl groups is 1. The lowest BCUT2D eigenvalue weighted by Gasteiger charge is -2.32. The average Bonchev–Trinajstić information content (AvgIpc) is 3.18. The largest absolute Gasteiger partial charge is 0.507 e. The van der Waals surface area contributed by atoms with E-state index in [-0.39, 0.29) is 16.7 Å². The predicted molar refractivity (Wildman–Crippen MR) is 137 cm³/mol. The average molecular weight is 423 g/mol. The first-order chi connectivity index (χ1) is 15.1. The summed E-state index contributed by atoms with van der Waals surface area (Å²) in [4.78, 5) is 0. The fourth-order valence-corrected chi connectivity index (χ4v) is 4.77. The SMILES string of the molecule is CC(C)(C)c1ccc(C2C=C(c3ccccc3)C(c3ccccc3)=C2)c(O)c1C(C)(C)C. The summed E-state index contributed by atoms with van der Waals surface area (Å²) in [5.41, 5.74) is 7.89. The van der Waals surface area contributed by atoms with Crippen molar-refractivity contribution in [3.63, 3.8) is 0 Å². The second-order valence-electron chi connectivity index (χ2n) is 10.8. The number of allylic oxidation sites excluding steroid dienone is 4. The molecule has 1 nitrogen and oxygen atoms in total. The first-order valence-corrected chi connectivity index (χ1v) is 11.5. The Hall–Kier alpha value is -3.06. The van der Waals surface area contributed by atoms with E-state index in [0.717, 1.165) is 11.1 Å². The zero-order chi connectivity index (χ0) is 23.1. The summed E-state index contributed by atoms with van der Waals surface area (Å²) in [5.74, 6) is 0.458. The van der Waals surface area contributed by atoms with Crippen LogP contribution in [0.2, 0.25) is 0 Å². The minimum absolute atomic E-state index is 0.0236. The number of rotatable bonds is 3. The molecule has 1 aliphatic rings. The van der Waals surface area contributed by atoms with E-state index in [1.54, 1.807) is 0 Å². The van der Waals surface area contributed by atoms with E-state index < -0.39 is 0 Å². The number of phenols is 1. The van der Waals surface area contributed by atoms with E-state index in [0.29, 0.717) is 5.75 Å². The Morgan fingerprint density at radius 1 is 0.594 bits per heavy atom. The lowest BCUT2D eigenvalue weighted by molar-refractivity contribution is 0.429. The highest BCUT2D eigenvalue weighted by atomic mass is 16.3. The van der Waals surface area contributed by atoms with E-state index in [1.807, 2.05) is 0 Å². The molecule has 3 aromatic rings. The van der Waals surface area contributed by atoms with Gasteiger partial charge in [-0.15, -0.1) is 0 Å². The lowest BCUT2D eigenvalue weighted by atomic mass is 9.73. The Kier molecular flexibility index (Phi) is 5.63. The number of hydrogen-bond donors (Lipinski definition) is 1. The minimum Gasteiger partial charge on any atom is -0.507 e. The van der Waals surface area contributed by atoms with Crippen LogP contribution in [0, 0.1) is 0 Å².